The Bertz CT molecular complexity index is 482. The van der Waals surface area contributed by atoms with Crippen LogP contribution in [-0.4, -0.2) is 11.9 Å². The van der Waals surface area contributed by atoms with Crippen LogP contribution >= 0.6 is 0 Å². The maximum atomic E-state index is 13.2. The van der Waals surface area contributed by atoms with Gasteiger partial charge in [-0.1, -0.05) is 38.8 Å². The van der Waals surface area contributed by atoms with Crippen LogP contribution < -0.4 is 4.74 Å². The van der Waals surface area contributed by atoms with E-state index in [1.54, 1.807) is 0 Å². The molecule has 0 atom stereocenters. The van der Waals surface area contributed by atoms with Gasteiger partial charge in [-0.15, -0.1) is 0 Å². The Hall–Kier alpha value is -1.31. The molecule has 1 aliphatic carbocycles. The Morgan fingerprint density at radius 1 is 1.14 bits per heavy atom. The van der Waals surface area contributed by atoms with Crippen molar-refractivity contribution in [1.82, 2.24) is 0 Å². The predicted molar refractivity (Wildman–Crippen MR) is 86.9 cm³/mol. The molecule has 1 aromatic carbocycles. The third kappa shape index (κ3) is 3.66. The van der Waals surface area contributed by atoms with Gasteiger partial charge >= 0.3 is 0 Å². The first kappa shape index (κ1) is 16.1. The minimum Gasteiger partial charge on any atom is -0.490 e. The van der Waals surface area contributed by atoms with Crippen molar-refractivity contribution >= 4 is 5.78 Å². The molecule has 0 N–H and O–H groups in total. The number of hydrogen-bond acceptors (Lipinski definition) is 2. The van der Waals surface area contributed by atoms with Crippen molar-refractivity contribution in [3.05, 3.63) is 29.8 Å². The fourth-order valence-corrected chi connectivity index (χ4v) is 3.65. The summed E-state index contributed by atoms with van der Waals surface area (Å²) < 4.78 is 5.86. The van der Waals surface area contributed by atoms with Crippen LogP contribution in [0, 0.1) is 11.3 Å². The molecular weight excluding hydrogens is 260 g/mol. The molecule has 2 nitrogen and oxygen atoms in total. The maximum absolute atomic E-state index is 13.2. The van der Waals surface area contributed by atoms with Gasteiger partial charge in [0.2, 0.25) is 0 Å². The van der Waals surface area contributed by atoms with E-state index < -0.39 is 0 Å². The zero-order chi connectivity index (χ0) is 15.5. The summed E-state index contributed by atoms with van der Waals surface area (Å²) in [4.78, 5) is 13.2. The quantitative estimate of drug-likeness (QED) is 0.667. The Balaban J connectivity index is 2.33. The second-order valence-corrected chi connectivity index (χ2v) is 7.08. The SMILES string of the molecule is CC(C)CC1(C(=O)c2ccccc2OC(C)C)CCCC1. The highest BCUT2D eigenvalue weighted by Crippen LogP contribution is 2.46. The molecule has 0 unspecified atom stereocenters. The van der Waals surface area contributed by atoms with Crippen molar-refractivity contribution in [2.45, 2.75) is 65.9 Å². The molecule has 0 spiro atoms. The zero-order valence-corrected chi connectivity index (χ0v) is 13.8. The number of carbonyl (C=O) groups is 1. The molecular formula is C19H28O2. The zero-order valence-electron chi connectivity index (χ0n) is 13.8. The summed E-state index contributed by atoms with van der Waals surface area (Å²) >= 11 is 0. The molecule has 1 fully saturated rings. The van der Waals surface area contributed by atoms with Gasteiger partial charge in [0.25, 0.3) is 0 Å². The minimum absolute atomic E-state index is 0.0866. The maximum Gasteiger partial charge on any atom is 0.172 e. The summed E-state index contributed by atoms with van der Waals surface area (Å²) in [5, 5.41) is 0. The van der Waals surface area contributed by atoms with Gasteiger partial charge in [-0.05, 0) is 51.2 Å². The van der Waals surface area contributed by atoms with Gasteiger partial charge in [-0.3, -0.25) is 4.79 Å². The molecule has 1 saturated carbocycles. The second-order valence-electron chi connectivity index (χ2n) is 7.08. The number of benzene rings is 1. The Morgan fingerprint density at radius 2 is 1.76 bits per heavy atom. The number of rotatable bonds is 6. The van der Waals surface area contributed by atoms with Crippen LogP contribution in [-0.2, 0) is 0 Å². The molecule has 1 aliphatic rings. The van der Waals surface area contributed by atoms with Crippen LogP contribution in [0.15, 0.2) is 24.3 Å². The number of ketones is 1. The third-order valence-corrected chi connectivity index (χ3v) is 4.34. The molecule has 0 radical (unpaired) electrons. The summed E-state index contributed by atoms with van der Waals surface area (Å²) in [6.07, 6.45) is 5.47. The topological polar surface area (TPSA) is 26.3 Å². The molecule has 116 valence electrons. The number of hydrogen-bond donors (Lipinski definition) is 0. The van der Waals surface area contributed by atoms with Crippen LogP contribution in [0.25, 0.3) is 0 Å². The average molecular weight is 288 g/mol. The van der Waals surface area contributed by atoms with Crippen molar-refractivity contribution in [1.29, 1.82) is 0 Å². The largest absolute Gasteiger partial charge is 0.490 e. The molecule has 1 aromatic rings. The molecule has 0 aliphatic heterocycles. The van der Waals surface area contributed by atoms with Crippen LogP contribution in [0.5, 0.6) is 5.75 Å². The summed E-state index contributed by atoms with van der Waals surface area (Å²) in [6.45, 7) is 8.43. The van der Waals surface area contributed by atoms with Crippen LogP contribution in [0.2, 0.25) is 0 Å². The number of Topliss-reactive ketones (excluding diaryl/α,β-unsaturated/α-hetero) is 1. The van der Waals surface area contributed by atoms with Gasteiger partial charge in [0.15, 0.2) is 5.78 Å². The first-order chi connectivity index (χ1) is 9.94. The van der Waals surface area contributed by atoms with E-state index in [0.717, 1.165) is 30.6 Å². The van der Waals surface area contributed by atoms with Gasteiger partial charge in [-0.2, -0.15) is 0 Å². The fraction of sp³-hybridized carbons (Fsp3) is 0.632. The van der Waals surface area contributed by atoms with E-state index in [2.05, 4.69) is 13.8 Å². The predicted octanol–water partition coefficient (Wildman–Crippen LogP) is 5.26. The average Bonchev–Trinajstić information content (AvgIpc) is 2.87. The van der Waals surface area contributed by atoms with Gasteiger partial charge < -0.3 is 4.74 Å². The second kappa shape index (κ2) is 6.64. The number of para-hydroxylation sites is 1. The van der Waals surface area contributed by atoms with Gasteiger partial charge in [0.1, 0.15) is 5.75 Å². The van der Waals surface area contributed by atoms with E-state index >= 15 is 0 Å². The lowest BCUT2D eigenvalue weighted by molar-refractivity contribution is 0.0754. The van der Waals surface area contributed by atoms with Gasteiger partial charge in [-0.25, -0.2) is 0 Å². The molecule has 2 heteroatoms. The lowest BCUT2D eigenvalue weighted by Crippen LogP contribution is -2.30. The monoisotopic (exact) mass is 288 g/mol. The molecule has 0 amide bonds. The van der Waals surface area contributed by atoms with E-state index in [-0.39, 0.29) is 11.5 Å². The standard InChI is InChI=1S/C19H28O2/c1-14(2)13-19(11-7-8-12-19)18(20)16-9-5-6-10-17(16)21-15(3)4/h5-6,9-10,14-15H,7-8,11-13H2,1-4H3. The lowest BCUT2D eigenvalue weighted by atomic mass is 9.73. The van der Waals surface area contributed by atoms with E-state index in [9.17, 15) is 4.79 Å². The first-order valence-corrected chi connectivity index (χ1v) is 8.25. The minimum atomic E-state index is -0.162. The Morgan fingerprint density at radius 3 is 2.33 bits per heavy atom. The smallest absolute Gasteiger partial charge is 0.172 e. The van der Waals surface area contributed by atoms with E-state index in [1.165, 1.54) is 12.8 Å². The lowest BCUT2D eigenvalue weighted by Gasteiger charge is -2.30. The molecule has 0 heterocycles. The number of carbonyl (C=O) groups excluding carboxylic acids is 1. The number of ether oxygens (including phenoxy) is 1. The Labute approximate surface area is 128 Å². The summed E-state index contributed by atoms with van der Waals surface area (Å²) in [5.74, 6) is 1.59. The van der Waals surface area contributed by atoms with Crippen LogP contribution in [0.1, 0.15) is 70.2 Å². The fourth-order valence-electron chi connectivity index (χ4n) is 3.65. The molecule has 21 heavy (non-hydrogen) atoms. The molecule has 0 aromatic heterocycles. The summed E-state index contributed by atoms with van der Waals surface area (Å²) in [7, 11) is 0. The highest BCUT2D eigenvalue weighted by atomic mass is 16.5. The normalized spacial score (nSPS) is 17.4. The highest BCUT2D eigenvalue weighted by Gasteiger charge is 2.42. The van der Waals surface area contributed by atoms with Crippen LogP contribution in [0.4, 0.5) is 0 Å². The van der Waals surface area contributed by atoms with Crippen molar-refractivity contribution in [3.63, 3.8) is 0 Å². The van der Waals surface area contributed by atoms with Crippen LogP contribution in [0.3, 0.4) is 0 Å². The van der Waals surface area contributed by atoms with E-state index in [0.29, 0.717) is 11.7 Å². The summed E-state index contributed by atoms with van der Waals surface area (Å²) in [5.41, 5.74) is 0.610. The van der Waals surface area contributed by atoms with E-state index in [4.69, 9.17) is 4.74 Å². The Kier molecular flexibility index (Phi) is 5.08. The van der Waals surface area contributed by atoms with Gasteiger partial charge in [0.05, 0.1) is 11.7 Å². The van der Waals surface area contributed by atoms with Crippen molar-refractivity contribution in [3.8, 4) is 5.75 Å². The molecule has 2 rings (SSSR count). The molecule has 0 bridgehead atoms. The van der Waals surface area contributed by atoms with Crippen molar-refractivity contribution in [2.75, 3.05) is 0 Å². The van der Waals surface area contributed by atoms with Gasteiger partial charge in [0, 0.05) is 5.41 Å². The van der Waals surface area contributed by atoms with Crippen molar-refractivity contribution in [2.24, 2.45) is 11.3 Å². The summed E-state index contributed by atoms with van der Waals surface area (Å²) in [6, 6.07) is 7.74. The van der Waals surface area contributed by atoms with E-state index in [1.807, 2.05) is 38.1 Å². The third-order valence-electron chi connectivity index (χ3n) is 4.34. The highest BCUT2D eigenvalue weighted by molar-refractivity contribution is 6.03. The van der Waals surface area contributed by atoms with Crippen molar-refractivity contribution < 1.29 is 9.53 Å². The first-order valence-electron chi connectivity index (χ1n) is 8.25. The molecule has 0 saturated heterocycles.